The lowest BCUT2D eigenvalue weighted by molar-refractivity contribution is 0.368. The second kappa shape index (κ2) is 5.86. The van der Waals surface area contributed by atoms with Gasteiger partial charge < -0.3 is 22.0 Å². The van der Waals surface area contributed by atoms with Gasteiger partial charge in [0.2, 0.25) is 0 Å². The van der Waals surface area contributed by atoms with Gasteiger partial charge in [0.1, 0.15) is 5.75 Å². The summed E-state index contributed by atoms with van der Waals surface area (Å²) in [4.78, 5) is 0. The van der Waals surface area contributed by atoms with E-state index in [1.807, 2.05) is 33.5 Å². The van der Waals surface area contributed by atoms with Crippen LogP contribution < -0.4 is 10.0 Å². The average molecular weight is 228 g/mol. The largest absolute Gasteiger partial charge is 0.673 e. The van der Waals surface area contributed by atoms with Crippen molar-refractivity contribution in [3.05, 3.63) is 24.3 Å². The van der Waals surface area contributed by atoms with E-state index in [9.17, 15) is 17.3 Å². The van der Waals surface area contributed by atoms with Gasteiger partial charge in [0.05, 0.1) is 12.4 Å². The lowest BCUT2D eigenvalue weighted by atomic mass is 10.3. The molecule has 0 aliphatic heterocycles. The Bertz CT molecular complexity index is 255. The van der Waals surface area contributed by atoms with E-state index in [1.54, 1.807) is 7.11 Å². The molecule has 0 radical (unpaired) electrons. The van der Waals surface area contributed by atoms with Crippen LogP contribution in [0.1, 0.15) is 0 Å². The number of rotatable bonds is 1. The van der Waals surface area contributed by atoms with E-state index >= 15 is 0 Å². The smallest absolute Gasteiger partial charge is 0.497 e. The van der Waals surface area contributed by atoms with Gasteiger partial charge in [-0.1, -0.05) is 0 Å². The predicted molar refractivity (Wildman–Crippen MR) is 53.9 cm³/mol. The Hall–Kier alpha value is -0.765. The summed E-state index contributed by atoms with van der Waals surface area (Å²) < 4.78 is 44.0. The fraction of sp³-hybridized carbons (Fsp3) is 0.143. The highest BCUT2D eigenvalue weighted by Gasteiger charge is 2.20. The first-order chi connectivity index (χ1) is 6.33. The number of hydrogen-bond acceptors (Lipinski definition) is 1. The van der Waals surface area contributed by atoms with Crippen molar-refractivity contribution in [1.29, 1.82) is 0 Å². The number of halogens is 4. The van der Waals surface area contributed by atoms with E-state index in [4.69, 9.17) is 4.74 Å². The highest BCUT2D eigenvalue weighted by atomic mass is 31.0. The van der Waals surface area contributed by atoms with Gasteiger partial charge in [0.15, 0.2) is 0 Å². The second-order valence-corrected chi connectivity index (χ2v) is 3.16. The molecule has 1 unspecified atom stereocenters. The minimum absolute atomic E-state index is 0.922. The van der Waals surface area contributed by atoms with E-state index in [2.05, 4.69) is 0 Å². The highest BCUT2D eigenvalue weighted by molar-refractivity contribution is 7.27. The topological polar surface area (TPSA) is 9.23 Å². The number of methoxy groups -OCH3 is 1. The third-order valence-electron chi connectivity index (χ3n) is 1.16. The van der Waals surface area contributed by atoms with Gasteiger partial charge in [-0.05, 0) is 24.3 Å². The Kier molecular flexibility index (Phi) is 5.54. The van der Waals surface area contributed by atoms with Crippen LogP contribution in [0.15, 0.2) is 24.3 Å². The normalized spacial score (nSPS) is 10.4. The Morgan fingerprint density at radius 1 is 1.07 bits per heavy atom. The van der Waals surface area contributed by atoms with Crippen LogP contribution in [0.5, 0.6) is 5.75 Å². The van der Waals surface area contributed by atoms with Crippen molar-refractivity contribution in [2.45, 2.75) is 0 Å². The van der Waals surface area contributed by atoms with E-state index < -0.39 is 7.25 Å². The second-order valence-electron chi connectivity index (χ2n) is 2.34. The van der Waals surface area contributed by atoms with Crippen LogP contribution in [0.25, 0.3) is 0 Å². The van der Waals surface area contributed by atoms with Gasteiger partial charge in [-0.2, -0.15) is 0 Å². The molecular formula is C7H10BF4OP. The molecule has 1 nitrogen and oxygen atoms in total. The van der Waals surface area contributed by atoms with Gasteiger partial charge in [0, 0.05) is 9.24 Å². The Labute approximate surface area is 81.8 Å². The van der Waals surface area contributed by atoms with Crippen molar-refractivity contribution in [2.24, 2.45) is 0 Å². The number of benzene rings is 1. The summed E-state index contributed by atoms with van der Waals surface area (Å²) in [5.74, 6) is 0.922. The standard InChI is InChI=1S/C7H9OP.BF4/c1-8-6-2-4-7(9)5-3-6;2-1(3,4)5/h2-5H,9H2,1H3;/q;-1/p+1. The molecule has 1 atom stereocenters. The molecule has 80 valence electrons. The van der Waals surface area contributed by atoms with E-state index in [1.165, 1.54) is 5.30 Å². The molecule has 0 aliphatic carbocycles. The van der Waals surface area contributed by atoms with Crippen LogP contribution in [-0.2, 0) is 0 Å². The van der Waals surface area contributed by atoms with Crippen molar-refractivity contribution in [3.8, 4) is 5.75 Å². The maximum Gasteiger partial charge on any atom is 0.673 e. The van der Waals surface area contributed by atoms with E-state index in [0.29, 0.717) is 0 Å². The maximum atomic E-state index is 9.75. The predicted octanol–water partition coefficient (Wildman–Crippen LogP) is 2.23. The van der Waals surface area contributed by atoms with Crippen LogP contribution in [-0.4, -0.2) is 14.4 Å². The molecule has 0 aliphatic rings. The SMILES string of the molecule is COc1ccc([PH3+])cc1.F[B-](F)(F)F. The molecule has 0 bridgehead atoms. The lowest BCUT2D eigenvalue weighted by Gasteiger charge is -1.95. The zero-order valence-corrected chi connectivity index (χ0v) is 8.93. The third kappa shape index (κ3) is 9.32. The fourth-order valence-electron chi connectivity index (χ4n) is 0.626. The maximum absolute atomic E-state index is 9.75. The zero-order valence-electron chi connectivity index (χ0n) is 7.51. The van der Waals surface area contributed by atoms with Crippen molar-refractivity contribution in [3.63, 3.8) is 0 Å². The van der Waals surface area contributed by atoms with Crippen LogP contribution in [0, 0.1) is 0 Å². The van der Waals surface area contributed by atoms with Crippen LogP contribution >= 0.6 is 9.24 Å². The summed E-state index contributed by atoms with van der Waals surface area (Å²) in [6, 6.07) is 8.00. The molecule has 1 rings (SSSR count). The Balaban J connectivity index is 0.000000292. The molecule has 0 spiro atoms. The van der Waals surface area contributed by atoms with Gasteiger partial charge in [-0.3, -0.25) is 0 Å². The highest BCUT2D eigenvalue weighted by Crippen LogP contribution is 2.07. The number of hydrogen-bond donors (Lipinski definition) is 0. The number of ether oxygens (including phenoxy) is 1. The van der Waals surface area contributed by atoms with E-state index in [0.717, 1.165) is 5.75 Å². The van der Waals surface area contributed by atoms with Crippen LogP contribution in [0.2, 0.25) is 0 Å². The Morgan fingerprint density at radius 2 is 1.43 bits per heavy atom. The summed E-state index contributed by atoms with van der Waals surface area (Å²) in [5.41, 5.74) is 0. The van der Waals surface area contributed by atoms with Gasteiger partial charge >= 0.3 is 7.25 Å². The molecule has 0 saturated carbocycles. The van der Waals surface area contributed by atoms with Crippen molar-refractivity contribution < 1.29 is 22.0 Å². The quantitative estimate of drug-likeness (QED) is 0.406. The van der Waals surface area contributed by atoms with Crippen LogP contribution in [0.4, 0.5) is 17.3 Å². The molecule has 1 aromatic rings. The molecular weight excluding hydrogens is 218 g/mol. The summed E-state index contributed by atoms with van der Waals surface area (Å²) in [7, 11) is -2.46. The zero-order chi connectivity index (χ0) is 11.2. The first-order valence-corrected chi connectivity index (χ1v) is 4.37. The molecule has 7 heteroatoms. The third-order valence-corrected chi connectivity index (χ3v) is 1.63. The van der Waals surface area contributed by atoms with Crippen molar-refractivity contribution in [1.82, 2.24) is 0 Å². The summed E-state index contributed by atoms with van der Waals surface area (Å²) in [5, 5.41) is 1.29. The molecule has 0 saturated heterocycles. The fourth-order valence-corrected chi connectivity index (χ4v) is 0.861. The van der Waals surface area contributed by atoms with Gasteiger partial charge in [-0.15, -0.1) is 0 Å². The molecule has 0 amide bonds. The molecule has 0 N–H and O–H groups in total. The molecule has 14 heavy (non-hydrogen) atoms. The van der Waals surface area contributed by atoms with Crippen molar-refractivity contribution >= 4 is 21.8 Å². The minimum atomic E-state index is -6.00. The first kappa shape index (κ1) is 13.2. The van der Waals surface area contributed by atoms with Crippen molar-refractivity contribution in [2.75, 3.05) is 7.11 Å². The lowest BCUT2D eigenvalue weighted by Crippen LogP contribution is -2.02. The average Bonchev–Trinajstić information content (AvgIpc) is 2.03. The van der Waals surface area contributed by atoms with Gasteiger partial charge in [0.25, 0.3) is 0 Å². The monoisotopic (exact) mass is 228 g/mol. The molecule has 0 heterocycles. The Morgan fingerprint density at radius 3 is 1.71 bits per heavy atom. The molecule has 1 aromatic carbocycles. The summed E-state index contributed by atoms with van der Waals surface area (Å²) in [6.07, 6.45) is 0. The summed E-state index contributed by atoms with van der Waals surface area (Å²) in [6.45, 7) is 0. The minimum Gasteiger partial charge on any atom is -0.497 e. The first-order valence-electron chi connectivity index (χ1n) is 3.66. The molecule has 0 aromatic heterocycles. The molecule has 0 fully saturated rings. The van der Waals surface area contributed by atoms with Gasteiger partial charge in [-0.25, -0.2) is 0 Å². The summed E-state index contributed by atoms with van der Waals surface area (Å²) >= 11 is 0. The van der Waals surface area contributed by atoms with E-state index in [-0.39, 0.29) is 0 Å². The van der Waals surface area contributed by atoms with Crippen LogP contribution in [0.3, 0.4) is 0 Å².